The largest absolute Gasteiger partial charge is 0.340 e. The third-order valence-electron chi connectivity index (χ3n) is 5.00. The van der Waals surface area contributed by atoms with Crippen molar-refractivity contribution in [2.24, 2.45) is 5.41 Å². The molecule has 2 aliphatic rings. The summed E-state index contributed by atoms with van der Waals surface area (Å²) in [6, 6.07) is 0.200. The van der Waals surface area contributed by atoms with Crippen molar-refractivity contribution in [3.63, 3.8) is 0 Å². The van der Waals surface area contributed by atoms with Crippen LogP contribution in [0, 0.1) is 5.41 Å². The van der Waals surface area contributed by atoms with E-state index in [2.05, 4.69) is 19.2 Å². The maximum Gasteiger partial charge on any atom is 0.248 e. The highest BCUT2D eigenvalue weighted by atomic mass is 16.2. The minimum Gasteiger partial charge on any atom is -0.340 e. The Bertz CT molecular complexity index is 392. The van der Waals surface area contributed by atoms with Gasteiger partial charge in [0.05, 0.1) is 6.54 Å². The Labute approximate surface area is 115 Å². The van der Waals surface area contributed by atoms with Gasteiger partial charge < -0.3 is 10.2 Å². The molecule has 2 atom stereocenters. The van der Waals surface area contributed by atoms with Gasteiger partial charge in [-0.1, -0.05) is 33.6 Å². The molecule has 0 radical (unpaired) electrons. The van der Waals surface area contributed by atoms with E-state index in [-0.39, 0.29) is 29.8 Å². The predicted octanol–water partition coefficient (Wildman–Crippen LogP) is 2.08. The fourth-order valence-electron chi connectivity index (χ4n) is 3.49. The van der Waals surface area contributed by atoms with Gasteiger partial charge in [0.1, 0.15) is 5.54 Å². The normalized spacial score (nSPS) is 35.2. The van der Waals surface area contributed by atoms with Gasteiger partial charge in [0.2, 0.25) is 11.8 Å². The van der Waals surface area contributed by atoms with E-state index in [1.807, 2.05) is 18.7 Å². The molecule has 0 bridgehead atoms. The minimum atomic E-state index is -0.719. The molecule has 4 nitrogen and oxygen atoms in total. The summed E-state index contributed by atoms with van der Waals surface area (Å²) >= 11 is 0. The van der Waals surface area contributed by atoms with Gasteiger partial charge in [0.25, 0.3) is 0 Å². The van der Waals surface area contributed by atoms with E-state index >= 15 is 0 Å². The number of carbonyl (C=O) groups is 2. The molecule has 2 rings (SSSR count). The van der Waals surface area contributed by atoms with Crippen molar-refractivity contribution >= 4 is 11.8 Å². The maximum atomic E-state index is 12.7. The molecular weight excluding hydrogens is 240 g/mol. The molecule has 2 fully saturated rings. The number of hydrogen-bond acceptors (Lipinski definition) is 2. The second-order valence-electron chi connectivity index (χ2n) is 6.92. The lowest BCUT2D eigenvalue weighted by atomic mass is 9.72. The van der Waals surface area contributed by atoms with Gasteiger partial charge in [0.15, 0.2) is 0 Å². The number of hydrogen-bond donors (Lipinski definition) is 1. The van der Waals surface area contributed by atoms with Gasteiger partial charge in [0, 0.05) is 6.04 Å². The Kier molecular flexibility index (Phi) is 3.63. The molecule has 0 aromatic carbocycles. The Morgan fingerprint density at radius 2 is 1.95 bits per heavy atom. The van der Waals surface area contributed by atoms with Crippen molar-refractivity contribution in [1.29, 1.82) is 0 Å². The number of nitrogens with one attached hydrogen (secondary N) is 1. The molecule has 2 unspecified atom stereocenters. The second-order valence-corrected chi connectivity index (χ2v) is 6.92. The van der Waals surface area contributed by atoms with Crippen molar-refractivity contribution in [2.45, 2.75) is 71.4 Å². The van der Waals surface area contributed by atoms with E-state index in [1.165, 1.54) is 6.42 Å². The first kappa shape index (κ1) is 14.4. The lowest BCUT2D eigenvalue weighted by Gasteiger charge is -2.49. The molecular formula is C15H26N2O2. The van der Waals surface area contributed by atoms with Gasteiger partial charge in [-0.3, -0.25) is 9.59 Å². The molecule has 2 amide bonds. The molecule has 1 aliphatic heterocycles. The van der Waals surface area contributed by atoms with E-state index in [0.29, 0.717) is 6.42 Å². The molecule has 1 heterocycles. The molecule has 4 heteroatoms. The summed E-state index contributed by atoms with van der Waals surface area (Å²) in [4.78, 5) is 26.5. The van der Waals surface area contributed by atoms with Crippen molar-refractivity contribution < 1.29 is 9.59 Å². The van der Waals surface area contributed by atoms with Crippen LogP contribution in [0.5, 0.6) is 0 Å². The summed E-state index contributed by atoms with van der Waals surface area (Å²) in [5, 5.41) is 2.86. The molecule has 0 aromatic heterocycles. The van der Waals surface area contributed by atoms with Crippen LogP contribution in [-0.2, 0) is 9.59 Å². The SMILES string of the molecule is CCC1(C)NC(=O)CN(C2CCCCC2(C)C)C1=O. The standard InChI is InChI=1S/C15H26N2O2/c1-5-15(4)13(19)17(10-12(18)16-15)11-8-6-7-9-14(11,2)3/h11H,5-10H2,1-4H3,(H,16,18). The van der Waals surface area contributed by atoms with Crippen LogP contribution < -0.4 is 5.32 Å². The van der Waals surface area contributed by atoms with Gasteiger partial charge in [-0.15, -0.1) is 0 Å². The van der Waals surface area contributed by atoms with Crippen LogP contribution in [-0.4, -0.2) is 34.8 Å². The van der Waals surface area contributed by atoms with Crippen molar-refractivity contribution in [3.8, 4) is 0 Å². The highest BCUT2D eigenvalue weighted by Crippen LogP contribution is 2.40. The number of rotatable bonds is 2. The number of carbonyl (C=O) groups excluding carboxylic acids is 2. The van der Waals surface area contributed by atoms with Gasteiger partial charge in [-0.2, -0.15) is 0 Å². The van der Waals surface area contributed by atoms with E-state index in [1.54, 1.807) is 0 Å². The molecule has 0 spiro atoms. The Morgan fingerprint density at radius 3 is 2.53 bits per heavy atom. The molecule has 1 N–H and O–H groups in total. The first-order valence-corrected chi connectivity index (χ1v) is 7.42. The quantitative estimate of drug-likeness (QED) is 0.832. The zero-order chi connectivity index (χ0) is 14.3. The number of nitrogens with zero attached hydrogens (tertiary/aromatic N) is 1. The van der Waals surface area contributed by atoms with Crippen LogP contribution in [0.3, 0.4) is 0 Å². The summed E-state index contributed by atoms with van der Waals surface area (Å²) in [7, 11) is 0. The zero-order valence-electron chi connectivity index (χ0n) is 12.6. The van der Waals surface area contributed by atoms with E-state index < -0.39 is 5.54 Å². The fourth-order valence-corrected chi connectivity index (χ4v) is 3.49. The fraction of sp³-hybridized carbons (Fsp3) is 0.867. The van der Waals surface area contributed by atoms with Crippen molar-refractivity contribution in [3.05, 3.63) is 0 Å². The molecule has 108 valence electrons. The monoisotopic (exact) mass is 266 g/mol. The van der Waals surface area contributed by atoms with E-state index in [4.69, 9.17) is 0 Å². The smallest absolute Gasteiger partial charge is 0.248 e. The van der Waals surface area contributed by atoms with Crippen LogP contribution in [0.25, 0.3) is 0 Å². The summed E-state index contributed by atoms with van der Waals surface area (Å²) < 4.78 is 0. The minimum absolute atomic E-state index is 0.0228. The number of piperazine rings is 1. The summed E-state index contributed by atoms with van der Waals surface area (Å²) in [5.41, 5.74) is -0.608. The van der Waals surface area contributed by atoms with Crippen LogP contribution in [0.1, 0.15) is 59.8 Å². The molecule has 19 heavy (non-hydrogen) atoms. The average Bonchev–Trinajstić information content (AvgIpc) is 2.34. The zero-order valence-corrected chi connectivity index (χ0v) is 12.6. The summed E-state index contributed by atoms with van der Waals surface area (Å²) in [6.07, 6.45) is 5.17. The summed E-state index contributed by atoms with van der Waals surface area (Å²) in [5.74, 6) is 0.0694. The Morgan fingerprint density at radius 1 is 1.26 bits per heavy atom. The predicted molar refractivity (Wildman–Crippen MR) is 74.6 cm³/mol. The lowest BCUT2D eigenvalue weighted by molar-refractivity contribution is -0.155. The van der Waals surface area contributed by atoms with Gasteiger partial charge in [-0.25, -0.2) is 0 Å². The van der Waals surface area contributed by atoms with Gasteiger partial charge >= 0.3 is 0 Å². The van der Waals surface area contributed by atoms with E-state index in [0.717, 1.165) is 19.3 Å². The van der Waals surface area contributed by atoms with Crippen molar-refractivity contribution in [2.75, 3.05) is 6.54 Å². The Hall–Kier alpha value is -1.06. The first-order chi connectivity index (χ1) is 8.80. The lowest BCUT2D eigenvalue weighted by Crippen LogP contribution is -2.68. The maximum absolute atomic E-state index is 12.7. The average molecular weight is 266 g/mol. The molecule has 1 aliphatic carbocycles. The highest BCUT2D eigenvalue weighted by Gasteiger charge is 2.47. The first-order valence-electron chi connectivity index (χ1n) is 7.42. The molecule has 1 saturated heterocycles. The Balaban J connectivity index is 2.27. The van der Waals surface area contributed by atoms with Crippen LogP contribution in [0.15, 0.2) is 0 Å². The van der Waals surface area contributed by atoms with Crippen LogP contribution in [0.4, 0.5) is 0 Å². The third kappa shape index (κ3) is 2.49. The summed E-state index contributed by atoms with van der Waals surface area (Å²) in [6.45, 7) is 8.46. The van der Waals surface area contributed by atoms with E-state index in [9.17, 15) is 9.59 Å². The highest BCUT2D eigenvalue weighted by molar-refractivity contribution is 5.97. The molecule has 0 aromatic rings. The number of amides is 2. The third-order valence-corrected chi connectivity index (χ3v) is 5.00. The van der Waals surface area contributed by atoms with Crippen molar-refractivity contribution in [1.82, 2.24) is 10.2 Å². The van der Waals surface area contributed by atoms with Crippen LogP contribution >= 0.6 is 0 Å². The van der Waals surface area contributed by atoms with Gasteiger partial charge in [-0.05, 0) is 31.6 Å². The topological polar surface area (TPSA) is 49.4 Å². The van der Waals surface area contributed by atoms with Crippen LogP contribution in [0.2, 0.25) is 0 Å². The second kappa shape index (κ2) is 4.80. The molecule has 1 saturated carbocycles.